The minimum atomic E-state index is -0.877. The molecule has 2 aromatic rings. The van der Waals surface area contributed by atoms with Crippen LogP contribution in [0.3, 0.4) is 0 Å². The molecule has 0 fully saturated rings. The number of nitrogens with one attached hydrogen (secondary N) is 1. The number of esters is 2. The Morgan fingerprint density at radius 2 is 1.67 bits per heavy atom. The van der Waals surface area contributed by atoms with E-state index in [0.717, 1.165) is 5.56 Å². The molecule has 3 rings (SSSR count). The summed E-state index contributed by atoms with van der Waals surface area (Å²) in [6, 6.07) is 15.8. The number of carbonyl (C=O) groups excluding carboxylic acids is 2. The van der Waals surface area contributed by atoms with Gasteiger partial charge in [0.2, 0.25) is 0 Å². The fraction of sp³-hybridized carbons (Fsp3) is 0.308. The zero-order chi connectivity index (χ0) is 25.5. The van der Waals surface area contributed by atoms with E-state index in [4.69, 9.17) is 9.47 Å². The lowest BCUT2D eigenvalue weighted by atomic mass is 9.80. The molecular formula is C26H29ClN3O6-. The smallest absolute Gasteiger partial charge is 0.336 e. The minimum Gasteiger partial charge on any atom is -1.00 e. The Hall–Kier alpha value is -3.69. The summed E-state index contributed by atoms with van der Waals surface area (Å²) in [6.45, 7) is 4.74. The number of nitro groups is 1. The molecule has 0 aliphatic carbocycles. The Bertz CT molecular complexity index is 1180. The van der Waals surface area contributed by atoms with Gasteiger partial charge in [-0.25, -0.2) is 9.59 Å². The molecule has 0 amide bonds. The molecule has 1 aliphatic rings. The number of nitrogens with zero attached hydrogens (tertiary/aromatic N) is 2. The van der Waals surface area contributed by atoms with Crippen LogP contribution in [0.1, 0.15) is 30.9 Å². The maximum absolute atomic E-state index is 13.3. The normalized spacial score (nSPS) is 15.2. The number of rotatable bonds is 9. The van der Waals surface area contributed by atoms with Crippen LogP contribution in [0.4, 0.5) is 5.69 Å². The van der Waals surface area contributed by atoms with Crippen LogP contribution in [0.2, 0.25) is 0 Å². The third-order valence-corrected chi connectivity index (χ3v) is 5.80. The van der Waals surface area contributed by atoms with Crippen molar-refractivity contribution >= 4 is 17.6 Å². The lowest BCUT2D eigenvalue weighted by molar-refractivity contribution is -0.384. The maximum Gasteiger partial charge on any atom is 0.336 e. The fourth-order valence-corrected chi connectivity index (χ4v) is 4.14. The van der Waals surface area contributed by atoms with Crippen molar-refractivity contribution in [2.24, 2.45) is 0 Å². The molecule has 0 saturated carbocycles. The van der Waals surface area contributed by atoms with Crippen molar-refractivity contribution in [1.82, 2.24) is 10.2 Å². The number of likely N-dealkylation sites (N-methyl/N-ethyl adjacent to an activating group) is 1. The zero-order valence-electron chi connectivity index (χ0n) is 20.6. The number of hydrogen-bond acceptors (Lipinski definition) is 8. The molecular weight excluding hydrogens is 486 g/mol. The number of non-ortho nitro benzene ring substituents is 1. The van der Waals surface area contributed by atoms with Gasteiger partial charge >= 0.3 is 11.9 Å². The van der Waals surface area contributed by atoms with Crippen molar-refractivity contribution in [2.75, 3.05) is 27.3 Å². The summed E-state index contributed by atoms with van der Waals surface area (Å²) in [5.41, 5.74) is 2.85. The minimum absolute atomic E-state index is 0. The first-order chi connectivity index (χ1) is 16.7. The maximum atomic E-state index is 13.3. The third-order valence-electron chi connectivity index (χ3n) is 5.80. The fourth-order valence-electron chi connectivity index (χ4n) is 4.14. The molecule has 1 heterocycles. The highest BCUT2D eigenvalue weighted by Crippen LogP contribution is 2.40. The van der Waals surface area contributed by atoms with Crippen molar-refractivity contribution in [2.45, 2.75) is 26.3 Å². The molecule has 10 heteroatoms. The first-order valence-electron chi connectivity index (χ1n) is 11.1. The average molecular weight is 515 g/mol. The molecule has 0 bridgehead atoms. The Labute approximate surface area is 216 Å². The van der Waals surface area contributed by atoms with Crippen LogP contribution >= 0.6 is 0 Å². The van der Waals surface area contributed by atoms with E-state index in [9.17, 15) is 19.7 Å². The monoisotopic (exact) mass is 514 g/mol. The zero-order valence-corrected chi connectivity index (χ0v) is 21.4. The molecule has 1 atom stereocenters. The third kappa shape index (κ3) is 6.71. The molecule has 36 heavy (non-hydrogen) atoms. The molecule has 0 aromatic heterocycles. The second kappa shape index (κ2) is 12.9. The molecule has 1 aliphatic heterocycles. The Balaban J connectivity index is 0.00000456. The van der Waals surface area contributed by atoms with Gasteiger partial charge in [0.15, 0.2) is 0 Å². The van der Waals surface area contributed by atoms with Gasteiger partial charge in [-0.15, -0.1) is 0 Å². The average Bonchev–Trinajstić information content (AvgIpc) is 2.83. The second-order valence-electron chi connectivity index (χ2n) is 8.34. The molecule has 9 nitrogen and oxygen atoms in total. The number of methoxy groups -OCH3 is 1. The van der Waals surface area contributed by atoms with Crippen LogP contribution < -0.4 is 17.7 Å². The van der Waals surface area contributed by atoms with Gasteiger partial charge in [-0.3, -0.25) is 15.0 Å². The number of nitro benzene ring substituents is 1. The lowest BCUT2D eigenvalue weighted by Gasteiger charge is -2.30. The van der Waals surface area contributed by atoms with Gasteiger partial charge in [0.25, 0.3) is 5.69 Å². The summed E-state index contributed by atoms with van der Waals surface area (Å²) in [5, 5.41) is 14.4. The number of benzene rings is 2. The van der Waals surface area contributed by atoms with Crippen LogP contribution in [0.5, 0.6) is 0 Å². The van der Waals surface area contributed by atoms with Crippen molar-refractivity contribution in [1.29, 1.82) is 0 Å². The van der Waals surface area contributed by atoms with E-state index in [2.05, 4.69) is 5.32 Å². The van der Waals surface area contributed by atoms with E-state index in [1.165, 1.54) is 25.3 Å². The molecule has 0 saturated heterocycles. The number of halogens is 1. The highest BCUT2D eigenvalue weighted by atomic mass is 35.5. The standard InChI is InChI=1S/C26H29N3O6.ClH/c1-17-22(25(30)34-4)24(20-11-8-12-21(15-20)29(32)33)23(18(2)27-17)26(31)35-14-13-28(3)16-19-9-6-5-7-10-19;/h5-12,15,24,27H,13-14,16H2,1-4H3;1H/p-1. The van der Waals surface area contributed by atoms with E-state index >= 15 is 0 Å². The van der Waals surface area contributed by atoms with Gasteiger partial charge < -0.3 is 27.2 Å². The van der Waals surface area contributed by atoms with Crippen LogP contribution in [-0.2, 0) is 25.6 Å². The Morgan fingerprint density at radius 1 is 1.03 bits per heavy atom. The predicted molar refractivity (Wildman–Crippen MR) is 130 cm³/mol. The molecule has 2 aromatic carbocycles. The molecule has 1 N–H and O–H groups in total. The van der Waals surface area contributed by atoms with E-state index in [0.29, 0.717) is 30.0 Å². The number of carbonyl (C=O) groups is 2. The number of dihydropyridines is 1. The van der Waals surface area contributed by atoms with E-state index in [1.807, 2.05) is 42.3 Å². The largest absolute Gasteiger partial charge is 1.00 e. The van der Waals surface area contributed by atoms with Gasteiger partial charge in [-0.05, 0) is 32.0 Å². The van der Waals surface area contributed by atoms with Crippen molar-refractivity contribution in [3.63, 3.8) is 0 Å². The number of ether oxygens (including phenoxy) is 2. The van der Waals surface area contributed by atoms with Crippen LogP contribution in [0.25, 0.3) is 0 Å². The Morgan fingerprint density at radius 3 is 2.28 bits per heavy atom. The summed E-state index contributed by atoms with van der Waals surface area (Å²) in [4.78, 5) is 38.8. The van der Waals surface area contributed by atoms with Gasteiger partial charge in [0.05, 0.1) is 29.1 Å². The van der Waals surface area contributed by atoms with Gasteiger partial charge in [0, 0.05) is 36.6 Å². The predicted octanol–water partition coefficient (Wildman–Crippen LogP) is 0.682. The van der Waals surface area contributed by atoms with Crippen LogP contribution in [-0.4, -0.2) is 49.1 Å². The summed E-state index contributed by atoms with van der Waals surface area (Å²) in [6.07, 6.45) is 0. The highest BCUT2D eigenvalue weighted by Gasteiger charge is 2.38. The van der Waals surface area contributed by atoms with E-state index in [1.54, 1.807) is 19.9 Å². The summed E-state index contributed by atoms with van der Waals surface area (Å²) < 4.78 is 10.6. The van der Waals surface area contributed by atoms with Crippen LogP contribution in [0, 0.1) is 10.1 Å². The second-order valence-corrected chi connectivity index (χ2v) is 8.34. The number of allylic oxidation sites excluding steroid dienone is 2. The van der Waals surface area contributed by atoms with E-state index in [-0.39, 0.29) is 35.8 Å². The highest BCUT2D eigenvalue weighted by molar-refractivity contribution is 5.99. The first kappa shape index (κ1) is 28.5. The van der Waals surface area contributed by atoms with Gasteiger partial charge in [0.1, 0.15) is 6.61 Å². The molecule has 0 spiro atoms. The van der Waals surface area contributed by atoms with E-state index < -0.39 is 22.8 Å². The molecule has 192 valence electrons. The molecule has 0 radical (unpaired) electrons. The SMILES string of the molecule is COC(=O)C1=C(C)NC(C)=C(C(=O)OCCN(C)Cc2ccccc2)C1c1cccc([N+](=O)[O-])c1.[Cl-]. The summed E-state index contributed by atoms with van der Waals surface area (Å²) >= 11 is 0. The van der Waals surface area contributed by atoms with Crippen molar-refractivity contribution in [3.05, 3.63) is 98.4 Å². The Kier molecular flexibility index (Phi) is 10.2. The summed E-state index contributed by atoms with van der Waals surface area (Å²) in [5.74, 6) is -2.11. The van der Waals surface area contributed by atoms with Gasteiger partial charge in [-0.1, -0.05) is 42.5 Å². The lowest BCUT2D eigenvalue weighted by Crippen LogP contribution is -3.00. The van der Waals surface area contributed by atoms with Crippen molar-refractivity contribution in [3.8, 4) is 0 Å². The van der Waals surface area contributed by atoms with Crippen LogP contribution in [0.15, 0.2) is 77.1 Å². The van der Waals surface area contributed by atoms with Gasteiger partial charge in [-0.2, -0.15) is 0 Å². The van der Waals surface area contributed by atoms with Crippen molar-refractivity contribution < 1.29 is 36.4 Å². The summed E-state index contributed by atoms with van der Waals surface area (Å²) in [7, 11) is 3.18. The molecule has 1 unspecified atom stereocenters. The topological polar surface area (TPSA) is 111 Å². The quantitative estimate of drug-likeness (QED) is 0.295. The number of hydrogen-bond donors (Lipinski definition) is 1. The first-order valence-corrected chi connectivity index (χ1v) is 11.1.